The first-order valence-electron chi connectivity index (χ1n) is 5.38. The first kappa shape index (κ1) is 12.8. The molecule has 5 heteroatoms. The monoisotopic (exact) mass is 262 g/mol. The van der Waals surface area contributed by atoms with E-state index < -0.39 is 16.3 Å². The largest absolute Gasteiger partial charge is 0.243 e. The highest BCUT2D eigenvalue weighted by molar-refractivity contribution is 7.89. The van der Waals surface area contributed by atoms with Gasteiger partial charge in [0.15, 0.2) is 6.23 Å². The maximum atomic E-state index is 11.9. The van der Waals surface area contributed by atoms with E-state index in [4.69, 9.17) is 0 Å². The van der Waals surface area contributed by atoms with E-state index in [1.165, 1.54) is 12.1 Å². The van der Waals surface area contributed by atoms with Gasteiger partial charge < -0.3 is 0 Å². The van der Waals surface area contributed by atoms with Crippen LogP contribution in [-0.2, 0) is 15.1 Å². The Bertz CT molecular complexity index is 597. The van der Waals surface area contributed by atoms with Crippen LogP contribution in [0.2, 0.25) is 0 Å². The van der Waals surface area contributed by atoms with E-state index in [2.05, 4.69) is 4.72 Å². The van der Waals surface area contributed by atoms with Crippen molar-refractivity contribution in [3.63, 3.8) is 0 Å². The maximum Gasteiger partial charge on any atom is 0.243 e. The number of nitrogens with one attached hydrogen (secondary N) is 1. The third-order valence-corrected chi connectivity index (χ3v) is 3.84. The van der Waals surface area contributed by atoms with Crippen LogP contribution < -0.4 is 4.72 Å². The summed E-state index contributed by atoms with van der Waals surface area (Å²) in [5.41, 5.74) is 0.386. The van der Waals surface area contributed by atoms with E-state index in [0.717, 1.165) is 0 Å². The molecule has 0 fully saturated rings. The van der Waals surface area contributed by atoms with Crippen molar-refractivity contribution in [3.8, 4) is 0 Å². The highest BCUT2D eigenvalue weighted by Crippen LogP contribution is 2.15. The molecule has 0 aliphatic carbocycles. The van der Waals surface area contributed by atoms with Gasteiger partial charge in [0.25, 0.3) is 0 Å². The molecule has 1 unspecified atom stereocenters. The topological polar surface area (TPSA) is 66.1 Å². The van der Waals surface area contributed by atoms with E-state index in [1.807, 2.05) is 0 Å². The number of benzene rings is 2. The lowest BCUT2D eigenvalue weighted by Gasteiger charge is -2.11. The molecule has 0 aliphatic rings. The summed E-state index contributed by atoms with van der Waals surface area (Å²) in [7, 11) is -3.77. The van der Waals surface area contributed by atoms with Crippen molar-refractivity contribution in [1.29, 1.82) is 0 Å². The normalized spacial score (nSPS) is 13.2. The summed E-state index contributed by atoms with van der Waals surface area (Å²) in [5.74, 6) is 0. The zero-order valence-corrected chi connectivity index (χ0v) is 10.3. The van der Waals surface area contributed by atoms with Crippen LogP contribution in [0.3, 0.4) is 0 Å². The van der Waals surface area contributed by atoms with E-state index >= 15 is 0 Å². The Kier molecular flexibility index (Phi) is 3.76. The molecular weight excluding hydrogens is 250 g/mol. The number of sulfonamides is 1. The lowest BCUT2D eigenvalue weighted by Crippen LogP contribution is -2.27. The molecule has 2 aromatic carbocycles. The standard InChI is InChI=1S/C13H12NO3S/c15-13(11-7-3-1-4-8-11)14-18(16,17)12-9-5-2-6-10-12/h1-10,13-14H. The minimum atomic E-state index is -3.77. The average Bonchev–Trinajstić information content (AvgIpc) is 2.40. The highest BCUT2D eigenvalue weighted by atomic mass is 32.2. The first-order chi connectivity index (χ1) is 8.59. The molecule has 0 amide bonds. The van der Waals surface area contributed by atoms with Crippen LogP contribution in [-0.4, -0.2) is 8.42 Å². The van der Waals surface area contributed by atoms with Crippen molar-refractivity contribution >= 4 is 10.0 Å². The quantitative estimate of drug-likeness (QED) is 0.857. The summed E-state index contributed by atoms with van der Waals surface area (Å²) in [4.78, 5) is 0.0850. The zero-order chi connectivity index (χ0) is 13.0. The number of hydrogen-bond acceptors (Lipinski definition) is 2. The summed E-state index contributed by atoms with van der Waals surface area (Å²) >= 11 is 0. The minimum Gasteiger partial charge on any atom is -0.209 e. The van der Waals surface area contributed by atoms with Gasteiger partial charge >= 0.3 is 0 Å². The molecule has 1 radical (unpaired) electrons. The molecule has 1 N–H and O–H groups in total. The maximum absolute atomic E-state index is 11.9. The number of hydrogen-bond donors (Lipinski definition) is 1. The second kappa shape index (κ2) is 5.30. The van der Waals surface area contributed by atoms with Crippen LogP contribution in [0.5, 0.6) is 0 Å². The van der Waals surface area contributed by atoms with Gasteiger partial charge in [-0.25, -0.2) is 13.5 Å². The van der Waals surface area contributed by atoms with Crippen LogP contribution in [0.15, 0.2) is 65.6 Å². The highest BCUT2D eigenvalue weighted by Gasteiger charge is 2.19. The molecule has 0 aliphatic heterocycles. The molecule has 4 nitrogen and oxygen atoms in total. The van der Waals surface area contributed by atoms with Crippen molar-refractivity contribution in [2.24, 2.45) is 0 Å². The Hall–Kier alpha value is -1.69. The molecule has 0 saturated heterocycles. The molecular formula is C13H12NO3S. The fourth-order valence-electron chi connectivity index (χ4n) is 1.50. The Balaban J connectivity index is 2.20. The van der Waals surface area contributed by atoms with Gasteiger partial charge in [-0.05, 0) is 17.7 Å². The van der Waals surface area contributed by atoms with E-state index in [9.17, 15) is 13.5 Å². The van der Waals surface area contributed by atoms with Gasteiger partial charge in [-0.15, -0.1) is 0 Å². The average molecular weight is 262 g/mol. The van der Waals surface area contributed by atoms with Crippen LogP contribution in [0, 0.1) is 0 Å². The molecule has 0 spiro atoms. The van der Waals surface area contributed by atoms with Crippen molar-refractivity contribution in [2.75, 3.05) is 0 Å². The molecule has 2 aromatic rings. The van der Waals surface area contributed by atoms with Gasteiger partial charge in [-0.1, -0.05) is 48.5 Å². The first-order valence-corrected chi connectivity index (χ1v) is 6.86. The van der Waals surface area contributed by atoms with Crippen LogP contribution in [0.1, 0.15) is 11.8 Å². The van der Waals surface area contributed by atoms with Crippen LogP contribution in [0.4, 0.5) is 0 Å². The summed E-state index contributed by atoms with van der Waals surface area (Å²) < 4.78 is 25.9. The predicted octanol–water partition coefficient (Wildman–Crippen LogP) is 2.09. The SMILES string of the molecule is [O]C(NS(=O)(=O)c1ccccc1)c1ccccc1. The zero-order valence-electron chi connectivity index (χ0n) is 9.48. The van der Waals surface area contributed by atoms with Gasteiger partial charge in [-0.2, -0.15) is 4.72 Å². The smallest absolute Gasteiger partial charge is 0.209 e. The second-order valence-electron chi connectivity index (χ2n) is 3.73. The molecule has 0 aromatic heterocycles. The molecule has 0 bridgehead atoms. The summed E-state index contributed by atoms with van der Waals surface area (Å²) in [6.07, 6.45) is -1.50. The van der Waals surface area contributed by atoms with Gasteiger partial charge in [-0.3, -0.25) is 0 Å². The Morgan fingerprint density at radius 2 is 1.33 bits per heavy atom. The van der Waals surface area contributed by atoms with Crippen LogP contribution >= 0.6 is 0 Å². The Morgan fingerprint density at radius 3 is 1.89 bits per heavy atom. The predicted molar refractivity (Wildman–Crippen MR) is 66.6 cm³/mol. The van der Waals surface area contributed by atoms with Crippen molar-refractivity contribution in [1.82, 2.24) is 4.72 Å². The third kappa shape index (κ3) is 2.95. The van der Waals surface area contributed by atoms with Gasteiger partial charge in [0.05, 0.1) is 4.90 Å². The van der Waals surface area contributed by atoms with Crippen molar-refractivity contribution in [3.05, 3.63) is 66.2 Å². The van der Waals surface area contributed by atoms with Gasteiger partial charge in [0.2, 0.25) is 10.0 Å². The molecule has 2 rings (SSSR count). The Morgan fingerprint density at radius 1 is 0.833 bits per heavy atom. The second-order valence-corrected chi connectivity index (χ2v) is 5.44. The summed E-state index contributed by atoms with van der Waals surface area (Å²) in [6, 6.07) is 16.1. The summed E-state index contributed by atoms with van der Waals surface area (Å²) in [6.45, 7) is 0. The van der Waals surface area contributed by atoms with E-state index in [1.54, 1.807) is 48.5 Å². The Labute approximate surface area is 106 Å². The summed E-state index contributed by atoms with van der Waals surface area (Å²) in [5, 5.41) is 11.8. The minimum absolute atomic E-state index is 0.0850. The fourth-order valence-corrected chi connectivity index (χ4v) is 2.57. The molecule has 18 heavy (non-hydrogen) atoms. The molecule has 1 atom stereocenters. The lowest BCUT2D eigenvalue weighted by molar-refractivity contribution is 0.0795. The van der Waals surface area contributed by atoms with Gasteiger partial charge in [0.1, 0.15) is 0 Å². The fraction of sp³-hybridized carbons (Fsp3) is 0.0769. The molecule has 0 saturated carbocycles. The lowest BCUT2D eigenvalue weighted by atomic mass is 10.2. The van der Waals surface area contributed by atoms with Crippen molar-refractivity contribution in [2.45, 2.75) is 11.1 Å². The van der Waals surface area contributed by atoms with E-state index in [-0.39, 0.29) is 4.90 Å². The van der Waals surface area contributed by atoms with Gasteiger partial charge in [0, 0.05) is 0 Å². The molecule has 0 heterocycles. The number of rotatable bonds is 4. The third-order valence-electron chi connectivity index (χ3n) is 2.42. The van der Waals surface area contributed by atoms with Crippen molar-refractivity contribution < 1.29 is 13.5 Å². The van der Waals surface area contributed by atoms with Crippen LogP contribution in [0.25, 0.3) is 0 Å². The molecule has 93 valence electrons. The van der Waals surface area contributed by atoms with E-state index in [0.29, 0.717) is 5.56 Å².